The van der Waals surface area contributed by atoms with Crippen LogP contribution in [0.25, 0.3) is 0 Å². The lowest BCUT2D eigenvalue weighted by molar-refractivity contribution is -0.132. The molecule has 0 amide bonds. The van der Waals surface area contributed by atoms with Gasteiger partial charge in [-0.3, -0.25) is 4.99 Å². The first-order valence-corrected chi connectivity index (χ1v) is 5.84. The molecular formula is C11H22F3N3O. The van der Waals surface area contributed by atoms with Crippen LogP contribution >= 0.6 is 0 Å². The highest BCUT2D eigenvalue weighted by molar-refractivity contribution is 5.79. The summed E-state index contributed by atoms with van der Waals surface area (Å²) in [5.74, 6) is 0.367. The van der Waals surface area contributed by atoms with E-state index >= 15 is 0 Å². The predicted octanol–water partition coefficient (Wildman–Crippen LogP) is 1.92. The van der Waals surface area contributed by atoms with Gasteiger partial charge < -0.3 is 15.4 Å². The Bertz CT molecular complexity index is 265. The summed E-state index contributed by atoms with van der Waals surface area (Å²) in [5.41, 5.74) is -0.438. The summed E-state index contributed by atoms with van der Waals surface area (Å²) in [4.78, 5) is 4.18. The summed E-state index contributed by atoms with van der Waals surface area (Å²) < 4.78 is 41.2. The van der Waals surface area contributed by atoms with E-state index in [4.69, 9.17) is 4.74 Å². The van der Waals surface area contributed by atoms with Crippen LogP contribution in [0.5, 0.6) is 0 Å². The topological polar surface area (TPSA) is 45.7 Å². The largest absolute Gasteiger partial charge is 0.390 e. The van der Waals surface area contributed by atoms with Gasteiger partial charge in [0.05, 0.1) is 18.6 Å². The molecule has 0 saturated heterocycles. The van der Waals surface area contributed by atoms with E-state index in [2.05, 4.69) is 15.6 Å². The molecule has 0 aliphatic heterocycles. The molecule has 108 valence electrons. The number of nitrogens with zero attached hydrogens (tertiary/aromatic N) is 1. The van der Waals surface area contributed by atoms with Crippen molar-refractivity contribution in [1.82, 2.24) is 10.6 Å². The molecular weight excluding hydrogens is 247 g/mol. The molecule has 0 heterocycles. The molecule has 18 heavy (non-hydrogen) atoms. The summed E-state index contributed by atoms with van der Waals surface area (Å²) >= 11 is 0. The standard InChI is InChI=1S/C11H22F3N3O/c1-5-15-9(16-7-6-11(12,13)14)17-8-10(2,3)18-4/h5-8H2,1-4H3,(H2,15,16,17). The average molecular weight is 269 g/mol. The summed E-state index contributed by atoms with van der Waals surface area (Å²) in [6.45, 7) is 6.33. The van der Waals surface area contributed by atoms with E-state index in [1.807, 2.05) is 20.8 Å². The van der Waals surface area contributed by atoms with Crippen LogP contribution < -0.4 is 10.6 Å². The third-order valence-electron chi connectivity index (χ3n) is 2.22. The zero-order valence-electron chi connectivity index (χ0n) is 11.3. The summed E-state index contributed by atoms with van der Waals surface area (Å²) in [6.07, 6.45) is -5.04. The van der Waals surface area contributed by atoms with E-state index in [0.717, 1.165) is 0 Å². The van der Waals surface area contributed by atoms with Crippen molar-refractivity contribution < 1.29 is 17.9 Å². The lowest BCUT2D eigenvalue weighted by Gasteiger charge is -2.21. The third-order valence-corrected chi connectivity index (χ3v) is 2.22. The number of halogens is 3. The normalized spacial score (nSPS) is 13.6. The minimum atomic E-state index is -4.16. The Morgan fingerprint density at radius 3 is 2.28 bits per heavy atom. The molecule has 0 fully saturated rings. The van der Waals surface area contributed by atoms with Gasteiger partial charge in [0, 0.05) is 20.2 Å². The number of methoxy groups -OCH3 is 1. The van der Waals surface area contributed by atoms with Crippen LogP contribution in [0.4, 0.5) is 13.2 Å². The number of aliphatic imine (C=N–C) groups is 1. The SMILES string of the molecule is CCNC(=NCC(C)(C)OC)NCCC(F)(F)F. The Morgan fingerprint density at radius 2 is 1.83 bits per heavy atom. The number of ether oxygens (including phenoxy) is 1. The van der Waals surface area contributed by atoms with Crippen molar-refractivity contribution in [2.24, 2.45) is 4.99 Å². The second kappa shape index (κ2) is 7.45. The molecule has 7 heteroatoms. The number of alkyl halides is 3. The molecule has 0 unspecified atom stereocenters. The number of guanidine groups is 1. The van der Waals surface area contributed by atoms with Crippen molar-refractivity contribution in [3.63, 3.8) is 0 Å². The number of nitrogens with one attached hydrogen (secondary N) is 2. The van der Waals surface area contributed by atoms with Gasteiger partial charge in [-0.15, -0.1) is 0 Å². The van der Waals surface area contributed by atoms with Crippen LogP contribution in [-0.4, -0.2) is 44.5 Å². The van der Waals surface area contributed by atoms with Gasteiger partial charge in [-0.25, -0.2) is 0 Å². The molecule has 4 nitrogen and oxygen atoms in total. The minimum absolute atomic E-state index is 0.192. The number of hydrogen-bond donors (Lipinski definition) is 2. The molecule has 0 saturated carbocycles. The fourth-order valence-electron chi connectivity index (χ4n) is 0.998. The van der Waals surface area contributed by atoms with Crippen LogP contribution in [-0.2, 0) is 4.74 Å². The van der Waals surface area contributed by atoms with Gasteiger partial charge in [-0.1, -0.05) is 0 Å². The highest BCUT2D eigenvalue weighted by Gasteiger charge is 2.26. The van der Waals surface area contributed by atoms with E-state index < -0.39 is 18.2 Å². The lowest BCUT2D eigenvalue weighted by atomic mass is 10.1. The van der Waals surface area contributed by atoms with Gasteiger partial charge in [-0.05, 0) is 20.8 Å². The first-order valence-electron chi connectivity index (χ1n) is 5.84. The Balaban J connectivity index is 4.25. The molecule has 0 aliphatic rings. The van der Waals surface area contributed by atoms with Crippen LogP contribution in [0, 0.1) is 0 Å². The number of hydrogen-bond acceptors (Lipinski definition) is 2. The average Bonchev–Trinajstić information content (AvgIpc) is 2.24. The Labute approximate surface area is 106 Å². The lowest BCUT2D eigenvalue weighted by Crippen LogP contribution is -2.40. The second-order valence-corrected chi connectivity index (χ2v) is 4.45. The van der Waals surface area contributed by atoms with Crippen LogP contribution in [0.2, 0.25) is 0 Å². The van der Waals surface area contributed by atoms with Crippen LogP contribution in [0.3, 0.4) is 0 Å². The molecule has 0 aromatic carbocycles. The maximum atomic E-state index is 12.0. The maximum Gasteiger partial charge on any atom is 0.390 e. The van der Waals surface area contributed by atoms with Gasteiger partial charge >= 0.3 is 6.18 Å². The zero-order valence-corrected chi connectivity index (χ0v) is 11.3. The Hall–Kier alpha value is -0.980. The predicted molar refractivity (Wildman–Crippen MR) is 65.7 cm³/mol. The summed E-state index contributed by atoms with van der Waals surface area (Å²) in [6, 6.07) is 0. The molecule has 0 aromatic rings. The quantitative estimate of drug-likeness (QED) is 0.572. The molecule has 0 bridgehead atoms. The Morgan fingerprint density at radius 1 is 1.22 bits per heavy atom. The minimum Gasteiger partial charge on any atom is -0.377 e. The maximum absolute atomic E-state index is 12.0. The fraction of sp³-hybridized carbons (Fsp3) is 0.909. The summed E-state index contributed by atoms with van der Waals surface area (Å²) in [5, 5.41) is 5.52. The van der Waals surface area contributed by atoms with Crippen molar-refractivity contribution in [1.29, 1.82) is 0 Å². The van der Waals surface area contributed by atoms with E-state index in [1.54, 1.807) is 7.11 Å². The highest BCUT2D eigenvalue weighted by atomic mass is 19.4. The van der Waals surface area contributed by atoms with Crippen molar-refractivity contribution in [2.75, 3.05) is 26.7 Å². The van der Waals surface area contributed by atoms with Crippen LogP contribution in [0.1, 0.15) is 27.2 Å². The summed E-state index contributed by atoms with van der Waals surface area (Å²) in [7, 11) is 1.57. The van der Waals surface area contributed by atoms with E-state index in [1.165, 1.54) is 0 Å². The molecule has 0 spiro atoms. The zero-order chi connectivity index (χ0) is 14.2. The van der Waals surface area contributed by atoms with Gasteiger partial charge in [0.25, 0.3) is 0 Å². The van der Waals surface area contributed by atoms with Crippen LogP contribution in [0.15, 0.2) is 4.99 Å². The van der Waals surface area contributed by atoms with Crippen molar-refractivity contribution in [3.05, 3.63) is 0 Å². The first kappa shape index (κ1) is 17.0. The van der Waals surface area contributed by atoms with E-state index in [9.17, 15) is 13.2 Å². The van der Waals surface area contributed by atoms with E-state index in [-0.39, 0.29) is 6.54 Å². The molecule has 0 aromatic heterocycles. The third kappa shape index (κ3) is 9.09. The van der Waals surface area contributed by atoms with E-state index in [0.29, 0.717) is 19.0 Å². The molecule has 0 radical (unpaired) electrons. The van der Waals surface area contributed by atoms with Crippen molar-refractivity contribution >= 4 is 5.96 Å². The molecule has 0 atom stereocenters. The highest BCUT2D eigenvalue weighted by Crippen LogP contribution is 2.18. The van der Waals surface area contributed by atoms with Gasteiger partial charge in [-0.2, -0.15) is 13.2 Å². The molecule has 0 aliphatic carbocycles. The van der Waals surface area contributed by atoms with Gasteiger partial charge in [0.2, 0.25) is 0 Å². The first-order chi connectivity index (χ1) is 8.20. The van der Waals surface area contributed by atoms with Crippen molar-refractivity contribution in [3.8, 4) is 0 Å². The fourth-order valence-corrected chi connectivity index (χ4v) is 0.998. The smallest absolute Gasteiger partial charge is 0.377 e. The molecule has 0 rings (SSSR count). The molecule has 2 N–H and O–H groups in total. The Kier molecular flexibility index (Phi) is 7.05. The van der Waals surface area contributed by atoms with Gasteiger partial charge in [0.15, 0.2) is 5.96 Å². The number of rotatable bonds is 6. The van der Waals surface area contributed by atoms with Gasteiger partial charge in [0.1, 0.15) is 0 Å². The van der Waals surface area contributed by atoms with Crippen molar-refractivity contribution in [2.45, 2.75) is 39.0 Å². The second-order valence-electron chi connectivity index (χ2n) is 4.45. The monoisotopic (exact) mass is 269 g/mol.